The predicted molar refractivity (Wildman–Crippen MR) is 85.2 cm³/mol. The van der Waals surface area contributed by atoms with E-state index in [1.807, 2.05) is 0 Å². The predicted octanol–water partition coefficient (Wildman–Crippen LogP) is 0.884. The van der Waals surface area contributed by atoms with Crippen molar-refractivity contribution < 1.29 is 14.3 Å². The molecule has 1 aromatic heterocycles. The van der Waals surface area contributed by atoms with Gasteiger partial charge in [-0.1, -0.05) is 11.8 Å². The molecule has 0 saturated carbocycles. The van der Waals surface area contributed by atoms with E-state index in [2.05, 4.69) is 20.3 Å². The molecule has 2 aromatic rings. The van der Waals surface area contributed by atoms with Crippen LogP contribution in [0, 0.1) is 0 Å². The van der Waals surface area contributed by atoms with E-state index >= 15 is 0 Å². The van der Waals surface area contributed by atoms with Crippen molar-refractivity contribution in [2.45, 2.75) is 17.3 Å². The second kappa shape index (κ2) is 6.16. The molecule has 0 radical (unpaired) electrons. The van der Waals surface area contributed by atoms with Gasteiger partial charge >= 0.3 is 0 Å². The lowest BCUT2D eigenvalue weighted by Crippen LogP contribution is -2.22. The Hall–Kier alpha value is -2.75. The Kier molecular flexibility index (Phi) is 4.06. The molecule has 1 amide bonds. The lowest BCUT2D eigenvalue weighted by molar-refractivity contribution is -0.115. The first-order valence-electron chi connectivity index (χ1n) is 6.65. The van der Waals surface area contributed by atoms with Crippen molar-refractivity contribution in [2.75, 3.05) is 23.6 Å². The highest BCUT2D eigenvalue weighted by atomic mass is 32.2. The van der Waals surface area contributed by atoms with E-state index in [0.717, 1.165) is 11.8 Å². The van der Waals surface area contributed by atoms with Crippen molar-refractivity contribution in [1.29, 1.82) is 0 Å². The van der Waals surface area contributed by atoms with Crippen LogP contribution in [-0.4, -0.2) is 32.9 Å². The van der Waals surface area contributed by atoms with E-state index in [-0.39, 0.29) is 24.6 Å². The van der Waals surface area contributed by atoms with Gasteiger partial charge in [0.05, 0.1) is 5.25 Å². The zero-order valence-electron chi connectivity index (χ0n) is 12.1. The molecule has 0 saturated heterocycles. The third-order valence-electron chi connectivity index (χ3n) is 2.94. The summed E-state index contributed by atoms with van der Waals surface area (Å²) >= 11 is 1.13. The summed E-state index contributed by atoms with van der Waals surface area (Å²) in [7, 11) is 0. The summed E-state index contributed by atoms with van der Waals surface area (Å²) in [5.74, 6) is 1.07. The fourth-order valence-electron chi connectivity index (χ4n) is 1.87. The molecule has 0 bridgehead atoms. The second-order valence-electron chi connectivity index (χ2n) is 4.65. The van der Waals surface area contributed by atoms with Crippen molar-refractivity contribution >= 4 is 35.3 Å². The molecule has 0 aliphatic carbocycles. The first-order chi connectivity index (χ1) is 11.0. The van der Waals surface area contributed by atoms with E-state index in [9.17, 15) is 4.79 Å². The number of ether oxygens (including phenoxy) is 2. The lowest BCUT2D eigenvalue weighted by Gasteiger charge is -2.11. The number of nitrogens with two attached hydrogens (primary N) is 2. The maximum absolute atomic E-state index is 12.2. The van der Waals surface area contributed by atoms with E-state index in [1.54, 1.807) is 25.1 Å². The fraction of sp³-hybridized carbons (Fsp3) is 0.231. The zero-order valence-corrected chi connectivity index (χ0v) is 13.0. The Bertz CT molecular complexity index is 736. The molecule has 1 aromatic carbocycles. The van der Waals surface area contributed by atoms with Gasteiger partial charge in [-0.2, -0.15) is 15.0 Å². The van der Waals surface area contributed by atoms with Gasteiger partial charge in [0.2, 0.25) is 24.6 Å². The third-order valence-corrected chi connectivity index (χ3v) is 3.90. The number of aromatic nitrogens is 3. The molecule has 23 heavy (non-hydrogen) atoms. The fourth-order valence-corrected chi connectivity index (χ4v) is 2.65. The summed E-state index contributed by atoms with van der Waals surface area (Å²) in [6.45, 7) is 1.91. The van der Waals surface area contributed by atoms with Gasteiger partial charge in [0.15, 0.2) is 16.7 Å². The first kappa shape index (κ1) is 15.2. The highest BCUT2D eigenvalue weighted by Crippen LogP contribution is 2.34. The Balaban J connectivity index is 1.65. The number of anilines is 3. The van der Waals surface area contributed by atoms with Gasteiger partial charge in [-0.05, 0) is 19.1 Å². The molecule has 120 valence electrons. The van der Waals surface area contributed by atoms with Crippen LogP contribution in [0.1, 0.15) is 6.92 Å². The minimum Gasteiger partial charge on any atom is -0.454 e. The molecule has 2 heterocycles. The third kappa shape index (κ3) is 3.54. The van der Waals surface area contributed by atoms with E-state index in [0.29, 0.717) is 22.3 Å². The molecule has 0 spiro atoms. The highest BCUT2D eigenvalue weighted by molar-refractivity contribution is 8.00. The Morgan fingerprint density at radius 3 is 2.65 bits per heavy atom. The molecule has 5 N–H and O–H groups in total. The van der Waals surface area contributed by atoms with Crippen LogP contribution >= 0.6 is 11.8 Å². The van der Waals surface area contributed by atoms with Gasteiger partial charge in [0.1, 0.15) is 0 Å². The number of fused-ring (bicyclic) bond motifs is 1. The van der Waals surface area contributed by atoms with Crippen LogP contribution in [-0.2, 0) is 4.79 Å². The van der Waals surface area contributed by atoms with Crippen LogP contribution in [0.25, 0.3) is 0 Å². The number of nitrogens with one attached hydrogen (secondary N) is 1. The van der Waals surface area contributed by atoms with Crippen LogP contribution in [0.4, 0.5) is 17.6 Å². The Morgan fingerprint density at radius 2 is 1.91 bits per heavy atom. The Morgan fingerprint density at radius 1 is 1.22 bits per heavy atom. The lowest BCUT2D eigenvalue weighted by atomic mass is 10.2. The standard InChI is InChI=1S/C13H14N6O3S/c1-6(23-13-18-11(14)17-12(15)19-13)10(20)16-7-2-3-8-9(4-7)22-5-21-8/h2-4,6H,5H2,1H3,(H,16,20)(H4,14,15,17,18,19)/t6-/m0/s1. The molecule has 1 aliphatic rings. The molecule has 0 unspecified atom stereocenters. The molecule has 9 nitrogen and oxygen atoms in total. The van der Waals surface area contributed by atoms with Crippen molar-refractivity contribution in [3.8, 4) is 11.5 Å². The average molecular weight is 334 g/mol. The molecule has 3 rings (SSSR count). The molecular weight excluding hydrogens is 320 g/mol. The number of hydrogen-bond acceptors (Lipinski definition) is 9. The van der Waals surface area contributed by atoms with Crippen molar-refractivity contribution in [2.24, 2.45) is 0 Å². The van der Waals surface area contributed by atoms with Crippen LogP contribution in [0.2, 0.25) is 0 Å². The summed E-state index contributed by atoms with van der Waals surface area (Å²) in [6, 6.07) is 5.18. The van der Waals surface area contributed by atoms with Crippen LogP contribution in [0.3, 0.4) is 0 Å². The van der Waals surface area contributed by atoms with Crippen molar-refractivity contribution in [3.05, 3.63) is 18.2 Å². The monoisotopic (exact) mass is 334 g/mol. The number of hydrogen-bond donors (Lipinski definition) is 3. The maximum Gasteiger partial charge on any atom is 0.237 e. The number of benzene rings is 1. The normalized spacial score (nSPS) is 13.6. The number of nitrogen functional groups attached to an aromatic ring is 2. The van der Waals surface area contributed by atoms with Crippen LogP contribution in [0.15, 0.2) is 23.4 Å². The van der Waals surface area contributed by atoms with Crippen molar-refractivity contribution in [1.82, 2.24) is 15.0 Å². The molecule has 10 heteroatoms. The molecule has 0 fully saturated rings. The van der Waals surface area contributed by atoms with E-state index in [4.69, 9.17) is 20.9 Å². The minimum atomic E-state index is -0.457. The first-order valence-corrected chi connectivity index (χ1v) is 7.53. The number of thioether (sulfide) groups is 1. The smallest absolute Gasteiger partial charge is 0.237 e. The summed E-state index contributed by atoms with van der Waals surface area (Å²) in [5, 5.41) is 2.63. The quantitative estimate of drug-likeness (QED) is 0.695. The van der Waals surface area contributed by atoms with Gasteiger partial charge in [-0.15, -0.1) is 0 Å². The Labute approximate surface area is 135 Å². The van der Waals surface area contributed by atoms with Gasteiger partial charge < -0.3 is 26.3 Å². The summed E-state index contributed by atoms with van der Waals surface area (Å²) in [5.41, 5.74) is 11.6. The average Bonchev–Trinajstić information content (AvgIpc) is 2.93. The number of amides is 1. The number of nitrogens with zero attached hydrogens (tertiary/aromatic N) is 3. The summed E-state index contributed by atoms with van der Waals surface area (Å²) in [6.07, 6.45) is 0. The number of rotatable bonds is 4. The van der Waals surface area contributed by atoms with Crippen LogP contribution in [0.5, 0.6) is 11.5 Å². The van der Waals surface area contributed by atoms with Gasteiger partial charge in [0.25, 0.3) is 0 Å². The zero-order chi connectivity index (χ0) is 16.4. The summed E-state index contributed by atoms with van der Waals surface area (Å²) in [4.78, 5) is 23.8. The molecule has 1 atom stereocenters. The SMILES string of the molecule is C[C@H](Sc1nc(N)nc(N)n1)C(=O)Nc1ccc2c(c1)OCO2. The van der Waals surface area contributed by atoms with Crippen LogP contribution < -0.4 is 26.3 Å². The maximum atomic E-state index is 12.2. The molecule has 1 aliphatic heterocycles. The number of carbonyl (C=O) groups excluding carboxylic acids is 1. The summed E-state index contributed by atoms with van der Waals surface area (Å²) < 4.78 is 10.5. The molecular formula is C13H14N6O3S. The topological polar surface area (TPSA) is 138 Å². The van der Waals surface area contributed by atoms with E-state index < -0.39 is 5.25 Å². The van der Waals surface area contributed by atoms with E-state index in [1.165, 1.54) is 0 Å². The van der Waals surface area contributed by atoms with Crippen molar-refractivity contribution in [3.63, 3.8) is 0 Å². The second-order valence-corrected chi connectivity index (χ2v) is 5.96. The highest BCUT2D eigenvalue weighted by Gasteiger charge is 2.19. The van der Waals surface area contributed by atoms with Gasteiger partial charge in [-0.3, -0.25) is 4.79 Å². The largest absolute Gasteiger partial charge is 0.454 e. The minimum absolute atomic E-state index is 0.0170. The number of carbonyl (C=O) groups is 1. The van der Waals surface area contributed by atoms with Gasteiger partial charge in [-0.25, -0.2) is 0 Å². The van der Waals surface area contributed by atoms with Gasteiger partial charge in [0, 0.05) is 11.8 Å².